The molecule has 4 amide bonds. The maximum atomic E-state index is 14.7. The number of rotatable bonds is 10. The topological polar surface area (TPSA) is 283 Å². The predicted molar refractivity (Wildman–Crippen MR) is 205 cm³/mol. The van der Waals surface area contributed by atoms with Crippen molar-refractivity contribution in [2.75, 3.05) is 54.9 Å². The molecule has 2 saturated heterocycles. The zero-order valence-corrected chi connectivity index (χ0v) is 31.8. The molecule has 0 radical (unpaired) electrons. The van der Waals surface area contributed by atoms with Gasteiger partial charge in [0.05, 0.1) is 61.8 Å². The van der Waals surface area contributed by atoms with E-state index in [0.29, 0.717) is 15.4 Å². The number of imide groups is 2. The molecular formula is C37H34N8O14. The molecule has 0 spiro atoms. The number of anilines is 4. The van der Waals surface area contributed by atoms with Crippen LogP contribution < -0.4 is 24.3 Å². The Bertz CT molecular complexity index is 2410. The summed E-state index contributed by atoms with van der Waals surface area (Å²) in [5, 5.41) is 60.2. The Kier molecular flexibility index (Phi) is 9.52. The molecule has 1 saturated carbocycles. The summed E-state index contributed by atoms with van der Waals surface area (Å²) in [6.07, 6.45) is 1.28. The van der Waals surface area contributed by atoms with Gasteiger partial charge in [-0.2, -0.15) is 0 Å². The first-order chi connectivity index (χ1) is 27.8. The summed E-state index contributed by atoms with van der Waals surface area (Å²) in [4.78, 5) is 107. The van der Waals surface area contributed by atoms with Gasteiger partial charge in [-0.1, -0.05) is 23.8 Å². The van der Waals surface area contributed by atoms with Gasteiger partial charge >= 0.3 is 22.7 Å². The second kappa shape index (κ2) is 14.1. The van der Waals surface area contributed by atoms with Crippen molar-refractivity contribution in [1.29, 1.82) is 0 Å². The molecule has 59 heavy (non-hydrogen) atoms. The highest BCUT2D eigenvalue weighted by atomic mass is 16.6. The van der Waals surface area contributed by atoms with Gasteiger partial charge in [-0.25, -0.2) is 9.80 Å². The number of methoxy groups -OCH3 is 1. The number of carbonyl (C=O) groups is 4. The SMILES string of the molecule is COc1cccc(C2C3=CCC4C(=O)N(c5cc([N+](=O)[O-])c(N(C)C)c([N+](=O)[O-])c5)C(=O)C4C3CC3C(=O)N(c4cc([N+](=O)[O-])c(N(C)C)c([N+](=O)[O-])c4)C(=O)C32)c1O. The Morgan fingerprint density at radius 1 is 0.661 bits per heavy atom. The van der Waals surface area contributed by atoms with Crippen LogP contribution in [0.1, 0.15) is 24.3 Å². The fourth-order valence-corrected chi connectivity index (χ4v) is 9.31. The zero-order valence-electron chi connectivity index (χ0n) is 31.8. The van der Waals surface area contributed by atoms with Crippen LogP contribution in [0.2, 0.25) is 0 Å². The number of hydrogen-bond acceptors (Lipinski definition) is 16. The standard InChI is InChI=1S/C37H34N8O14/c1-38(2)31-23(42(51)52)11-16(12-24(31)43(53)54)40-34(47)20-10-9-18-21(29(20)36(40)49)15-22-30(28(18)19-7-6-8-27(59-5)33(19)46)37(50)41(35(22)48)17-13-25(44(55)56)32(39(3)4)26(14-17)45(57)58/h6-9,11-14,20-22,28-30,46H,10,15H2,1-5H3. The van der Waals surface area contributed by atoms with Crippen molar-refractivity contribution >= 4 is 69.1 Å². The molecule has 3 fully saturated rings. The first-order valence-corrected chi connectivity index (χ1v) is 17.9. The van der Waals surface area contributed by atoms with Crippen molar-refractivity contribution in [1.82, 2.24) is 0 Å². The number of phenols is 1. The number of hydrogen-bond donors (Lipinski definition) is 1. The number of phenolic OH excluding ortho intramolecular Hbond substituents is 1. The number of nitrogens with zero attached hydrogens (tertiary/aromatic N) is 8. The van der Waals surface area contributed by atoms with Gasteiger partial charge in [0.1, 0.15) is 0 Å². The highest BCUT2D eigenvalue weighted by Gasteiger charge is 2.63. The summed E-state index contributed by atoms with van der Waals surface area (Å²) < 4.78 is 5.34. The molecule has 6 atom stereocenters. The van der Waals surface area contributed by atoms with E-state index in [1.54, 1.807) is 6.08 Å². The van der Waals surface area contributed by atoms with Crippen molar-refractivity contribution in [3.8, 4) is 11.5 Å². The predicted octanol–water partition coefficient (Wildman–Crippen LogP) is 4.21. The lowest BCUT2D eigenvalue weighted by Gasteiger charge is -2.44. The van der Waals surface area contributed by atoms with E-state index in [0.717, 1.165) is 34.1 Å². The maximum absolute atomic E-state index is 14.7. The first kappa shape index (κ1) is 39.7. The van der Waals surface area contributed by atoms with E-state index < -0.39 is 119 Å². The molecule has 2 aliphatic heterocycles. The number of allylic oxidation sites excluding steroid dienone is 2. The lowest BCUT2D eigenvalue weighted by molar-refractivity contribution is -0.392. The average molecular weight is 815 g/mol. The van der Waals surface area contributed by atoms with Gasteiger partial charge in [-0.15, -0.1) is 0 Å². The largest absolute Gasteiger partial charge is 0.504 e. The third kappa shape index (κ3) is 5.93. The zero-order chi connectivity index (χ0) is 43.1. The van der Waals surface area contributed by atoms with Crippen LogP contribution in [0.25, 0.3) is 0 Å². The number of nitro benzene ring substituents is 4. The number of carbonyl (C=O) groups excluding carboxylic acids is 4. The second-order valence-electron chi connectivity index (χ2n) is 14.9. The Morgan fingerprint density at radius 3 is 1.53 bits per heavy atom. The minimum atomic E-state index is -1.32. The second-order valence-corrected chi connectivity index (χ2v) is 14.9. The molecule has 3 aromatic carbocycles. The van der Waals surface area contributed by atoms with Gasteiger partial charge in [0.15, 0.2) is 22.9 Å². The van der Waals surface area contributed by atoms with E-state index in [9.17, 15) is 64.7 Å². The van der Waals surface area contributed by atoms with E-state index in [4.69, 9.17) is 4.74 Å². The van der Waals surface area contributed by atoms with Gasteiger partial charge in [-0.3, -0.25) is 59.6 Å². The third-order valence-electron chi connectivity index (χ3n) is 11.5. The van der Waals surface area contributed by atoms with E-state index in [1.807, 2.05) is 0 Å². The summed E-state index contributed by atoms with van der Waals surface area (Å²) in [7, 11) is 6.69. The molecule has 1 N–H and O–H groups in total. The molecule has 22 heteroatoms. The number of aromatic hydroxyl groups is 1. The number of amides is 4. The molecule has 22 nitrogen and oxygen atoms in total. The minimum absolute atomic E-state index is 0.00253. The van der Waals surface area contributed by atoms with Crippen LogP contribution in [0.5, 0.6) is 11.5 Å². The Labute approximate surface area is 332 Å². The molecule has 7 rings (SSSR count). The van der Waals surface area contributed by atoms with Crippen LogP contribution in [0.3, 0.4) is 0 Å². The smallest absolute Gasteiger partial charge is 0.301 e. The molecule has 0 aromatic heterocycles. The van der Waals surface area contributed by atoms with Gasteiger partial charge in [0.25, 0.3) is 0 Å². The van der Waals surface area contributed by atoms with Crippen LogP contribution in [-0.2, 0) is 19.2 Å². The van der Waals surface area contributed by atoms with E-state index in [1.165, 1.54) is 53.5 Å². The van der Waals surface area contributed by atoms with Crippen molar-refractivity contribution < 1.29 is 48.7 Å². The van der Waals surface area contributed by atoms with Crippen LogP contribution in [0, 0.1) is 70.0 Å². The lowest BCUT2D eigenvalue weighted by Crippen LogP contribution is -2.43. The molecule has 3 aromatic rings. The summed E-state index contributed by atoms with van der Waals surface area (Å²) in [6.45, 7) is 0. The first-order valence-electron chi connectivity index (χ1n) is 17.9. The molecule has 2 heterocycles. The van der Waals surface area contributed by atoms with E-state index in [2.05, 4.69) is 0 Å². The monoisotopic (exact) mass is 814 g/mol. The normalized spacial score (nSPS) is 23.3. The maximum Gasteiger partial charge on any atom is 0.301 e. The summed E-state index contributed by atoms with van der Waals surface area (Å²) in [6, 6.07) is 8.00. The summed E-state index contributed by atoms with van der Waals surface area (Å²) in [5.74, 6) is -11.0. The summed E-state index contributed by atoms with van der Waals surface area (Å²) in [5.41, 5.74) is -4.13. The van der Waals surface area contributed by atoms with Crippen LogP contribution in [0.15, 0.2) is 54.1 Å². The van der Waals surface area contributed by atoms with Gasteiger partial charge < -0.3 is 19.6 Å². The number of benzene rings is 3. The molecule has 0 bridgehead atoms. The Balaban J connectivity index is 1.38. The van der Waals surface area contributed by atoms with Crippen LogP contribution in [0.4, 0.5) is 45.5 Å². The van der Waals surface area contributed by atoms with Crippen LogP contribution >= 0.6 is 0 Å². The van der Waals surface area contributed by atoms with Gasteiger partial charge in [-0.05, 0) is 24.8 Å². The molecule has 306 valence electrons. The quantitative estimate of drug-likeness (QED) is 0.130. The van der Waals surface area contributed by atoms with Crippen molar-refractivity contribution in [3.63, 3.8) is 0 Å². The number of ether oxygens (including phenoxy) is 1. The fraction of sp³-hybridized carbons (Fsp3) is 0.351. The summed E-state index contributed by atoms with van der Waals surface area (Å²) >= 11 is 0. The van der Waals surface area contributed by atoms with E-state index in [-0.39, 0.29) is 35.5 Å². The molecular weight excluding hydrogens is 780 g/mol. The Morgan fingerprint density at radius 2 is 1.10 bits per heavy atom. The van der Waals surface area contributed by atoms with Crippen LogP contribution in [-0.4, -0.2) is 83.7 Å². The van der Waals surface area contributed by atoms with E-state index >= 15 is 0 Å². The fourth-order valence-electron chi connectivity index (χ4n) is 9.31. The third-order valence-corrected chi connectivity index (χ3v) is 11.5. The van der Waals surface area contributed by atoms with Crippen molar-refractivity contribution in [2.24, 2.45) is 29.6 Å². The lowest BCUT2D eigenvalue weighted by atomic mass is 9.57. The number of para-hydroxylation sites is 1. The number of nitro groups is 4. The Hall–Kier alpha value is -7.52. The number of fused-ring (bicyclic) bond motifs is 4. The molecule has 6 unspecified atom stereocenters. The van der Waals surface area contributed by atoms with Crippen molar-refractivity contribution in [2.45, 2.75) is 18.8 Å². The highest BCUT2D eigenvalue weighted by Crippen LogP contribution is 2.60. The highest BCUT2D eigenvalue weighted by molar-refractivity contribution is 6.24. The average Bonchev–Trinajstić information content (AvgIpc) is 3.59. The molecule has 4 aliphatic rings. The minimum Gasteiger partial charge on any atom is -0.504 e. The molecule has 2 aliphatic carbocycles. The van der Waals surface area contributed by atoms with Crippen molar-refractivity contribution in [3.05, 3.63) is 100 Å². The van der Waals surface area contributed by atoms with Gasteiger partial charge in [0, 0.05) is 63.9 Å². The van der Waals surface area contributed by atoms with Gasteiger partial charge in [0.2, 0.25) is 23.6 Å².